The van der Waals surface area contributed by atoms with Crippen LogP contribution in [0.15, 0.2) is 40.4 Å². The first-order chi connectivity index (χ1) is 13.4. The Morgan fingerprint density at radius 3 is 2.57 bits per heavy atom. The molecular formula is C17H11BrF2N4O3S. The molecule has 0 saturated carbocycles. The van der Waals surface area contributed by atoms with Crippen LogP contribution in [0.4, 0.5) is 8.78 Å². The predicted octanol–water partition coefficient (Wildman–Crippen LogP) is 3.55. The van der Waals surface area contributed by atoms with Gasteiger partial charge in [-0.1, -0.05) is 0 Å². The average Bonchev–Trinajstić information content (AvgIpc) is 3.36. The zero-order valence-corrected chi connectivity index (χ0v) is 16.3. The van der Waals surface area contributed by atoms with E-state index in [1.165, 1.54) is 23.7 Å². The molecule has 1 unspecified atom stereocenters. The zero-order chi connectivity index (χ0) is 20.0. The van der Waals surface area contributed by atoms with Crippen molar-refractivity contribution in [3.8, 4) is 11.1 Å². The predicted molar refractivity (Wildman–Crippen MR) is 98.4 cm³/mol. The van der Waals surface area contributed by atoms with Gasteiger partial charge in [0.15, 0.2) is 6.17 Å². The molecule has 2 amide bonds. The van der Waals surface area contributed by atoms with E-state index in [1.54, 1.807) is 11.4 Å². The number of carbonyl (C=O) groups is 2. The van der Waals surface area contributed by atoms with Crippen molar-refractivity contribution in [3.05, 3.63) is 62.5 Å². The highest BCUT2D eigenvalue weighted by atomic mass is 79.9. The number of carbonyl (C=O) groups excluding carboxylic acids is 2. The summed E-state index contributed by atoms with van der Waals surface area (Å²) in [5.74, 6) is -3.93. The summed E-state index contributed by atoms with van der Waals surface area (Å²) in [6.45, 7) is -0.502. The van der Waals surface area contributed by atoms with Gasteiger partial charge in [0.05, 0.1) is 11.1 Å². The Hall–Kier alpha value is -2.63. The van der Waals surface area contributed by atoms with Gasteiger partial charge in [0.25, 0.3) is 11.8 Å². The van der Waals surface area contributed by atoms with Crippen molar-refractivity contribution in [3.63, 3.8) is 0 Å². The van der Waals surface area contributed by atoms with Gasteiger partial charge in [-0.05, 0) is 39.7 Å². The standard InChI is InChI=1S/C17H11BrF2N4O3S/c18-10-3-13(28-7-10)16-23(6-14(25)24(16)27)17(26)15-11(19)1-8(2-12(15)20)9-4-21-22-5-9/h1-5,7,16,27H,6H2,(H,21,22). The van der Waals surface area contributed by atoms with Crippen molar-refractivity contribution in [2.45, 2.75) is 6.17 Å². The molecule has 1 saturated heterocycles. The number of nitrogens with one attached hydrogen (secondary N) is 1. The molecular weight excluding hydrogens is 458 g/mol. The van der Waals surface area contributed by atoms with Crippen molar-refractivity contribution in [1.29, 1.82) is 0 Å². The fourth-order valence-corrected chi connectivity index (χ4v) is 4.53. The van der Waals surface area contributed by atoms with Crippen molar-refractivity contribution in [2.75, 3.05) is 6.54 Å². The first-order valence-electron chi connectivity index (χ1n) is 7.91. The molecule has 1 atom stereocenters. The number of hydrogen-bond acceptors (Lipinski definition) is 5. The lowest BCUT2D eigenvalue weighted by Gasteiger charge is -2.25. The van der Waals surface area contributed by atoms with Gasteiger partial charge in [-0.2, -0.15) is 10.2 Å². The van der Waals surface area contributed by atoms with Crippen LogP contribution in [0.2, 0.25) is 0 Å². The second kappa shape index (κ2) is 7.08. The summed E-state index contributed by atoms with van der Waals surface area (Å²) >= 11 is 4.45. The number of thiophene rings is 1. The van der Waals surface area contributed by atoms with Crippen molar-refractivity contribution >= 4 is 39.1 Å². The molecule has 0 radical (unpaired) electrons. The molecule has 1 fully saturated rings. The molecule has 11 heteroatoms. The Labute approximate surface area is 169 Å². The minimum Gasteiger partial charge on any atom is -0.302 e. The number of rotatable bonds is 3. The molecule has 28 heavy (non-hydrogen) atoms. The lowest BCUT2D eigenvalue weighted by molar-refractivity contribution is -0.168. The Kier molecular flexibility index (Phi) is 4.73. The molecule has 0 spiro atoms. The van der Waals surface area contributed by atoms with E-state index in [1.807, 2.05) is 0 Å². The van der Waals surface area contributed by atoms with E-state index in [-0.39, 0.29) is 5.56 Å². The summed E-state index contributed by atoms with van der Waals surface area (Å²) in [6.07, 6.45) is 1.69. The van der Waals surface area contributed by atoms with E-state index < -0.39 is 41.7 Å². The second-order valence-corrected chi connectivity index (χ2v) is 7.87. The molecule has 1 aliphatic heterocycles. The SMILES string of the molecule is O=C1CN(C(=O)c2c(F)cc(-c3cn[nH]c3)cc2F)C(c2cc(Br)cs2)N1O. The first kappa shape index (κ1) is 18.7. The molecule has 7 nitrogen and oxygen atoms in total. The van der Waals surface area contributed by atoms with Gasteiger partial charge in [0.2, 0.25) is 0 Å². The van der Waals surface area contributed by atoms with Crippen molar-refractivity contribution in [2.24, 2.45) is 0 Å². The first-order valence-corrected chi connectivity index (χ1v) is 9.58. The van der Waals surface area contributed by atoms with Crippen LogP contribution in [-0.4, -0.2) is 43.7 Å². The van der Waals surface area contributed by atoms with Gasteiger partial charge in [-0.15, -0.1) is 11.3 Å². The van der Waals surface area contributed by atoms with Crippen LogP contribution in [-0.2, 0) is 4.79 Å². The number of benzene rings is 1. The van der Waals surface area contributed by atoms with Crippen LogP contribution in [0.5, 0.6) is 0 Å². The third-order valence-electron chi connectivity index (χ3n) is 4.28. The Balaban J connectivity index is 1.73. The number of aromatic nitrogens is 2. The third-order valence-corrected chi connectivity index (χ3v) is 6.01. The van der Waals surface area contributed by atoms with Gasteiger partial charge in [0, 0.05) is 21.6 Å². The monoisotopic (exact) mass is 468 g/mol. The number of hydroxylamine groups is 2. The minimum absolute atomic E-state index is 0.209. The van der Waals surface area contributed by atoms with Crippen LogP contribution < -0.4 is 0 Å². The van der Waals surface area contributed by atoms with Gasteiger partial charge in [-0.3, -0.25) is 19.9 Å². The highest BCUT2D eigenvalue weighted by Crippen LogP contribution is 2.36. The molecule has 1 aromatic carbocycles. The molecule has 0 aliphatic carbocycles. The van der Waals surface area contributed by atoms with E-state index in [0.29, 0.717) is 20.0 Å². The Bertz CT molecular complexity index is 1050. The average molecular weight is 469 g/mol. The highest BCUT2D eigenvalue weighted by molar-refractivity contribution is 9.10. The molecule has 144 valence electrons. The summed E-state index contributed by atoms with van der Waals surface area (Å²) in [7, 11) is 0. The van der Waals surface area contributed by atoms with Gasteiger partial charge < -0.3 is 4.90 Å². The molecule has 2 N–H and O–H groups in total. The summed E-state index contributed by atoms with van der Waals surface area (Å²) in [5, 5.41) is 18.4. The summed E-state index contributed by atoms with van der Waals surface area (Å²) in [6, 6.07) is 3.66. The van der Waals surface area contributed by atoms with E-state index >= 15 is 0 Å². The van der Waals surface area contributed by atoms with E-state index in [0.717, 1.165) is 17.0 Å². The Morgan fingerprint density at radius 2 is 2.00 bits per heavy atom. The number of amides is 2. The summed E-state index contributed by atoms with van der Waals surface area (Å²) < 4.78 is 30.0. The van der Waals surface area contributed by atoms with Gasteiger partial charge >= 0.3 is 0 Å². The maximum Gasteiger partial charge on any atom is 0.268 e. The van der Waals surface area contributed by atoms with E-state index in [2.05, 4.69) is 26.1 Å². The van der Waals surface area contributed by atoms with Crippen molar-refractivity contribution < 1.29 is 23.6 Å². The fraction of sp³-hybridized carbons (Fsp3) is 0.118. The maximum absolute atomic E-state index is 14.7. The highest BCUT2D eigenvalue weighted by Gasteiger charge is 2.43. The number of aromatic amines is 1. The molecule has 1 aliphatic rings. The second-order valence-electron chi connectivity index (χ2n) is 6.01. The van der Waals surface area contributed by atoms with Gasteiger partial charge in [0.1, 0.15) is 23.7 Å². The zero-order valence-electron chi connectivity index (χ0n) is 13.9. The fourth-order valence-electron chi connectivity index (χ4n) is 2.99. The number of nitrogens with zero attached hydrogens (tertiary/aromatic N) is 3. The van der Waals surface area contributed by atoms with Gasteiger partial charge in [-0.25, -0.2) is 8.78 Å². The van der Waals surface area contributed by atoms with Crippen LogP contribution in [0.25, 0.3) is 11.1 Å². The smallest absolute Gasteiger partial charge is 0.268 e. The Morgan fingerprint density at radius 1 is 1.29 bits per heavy atom. The quantitative estimate of drug-likeness (QED) is 0.575. The number of hydrogen-bond donors (Lipinski definition) is 2. The van der Waals surface area contributed by atoms with Crippen LogP contribution in [0.3, 0.4) is 0 Å². The summed E-state index contributed by atoms with van der Waals surface area (Å²) in [4.78, 5) is 26.3. The van der Waals surface area contributed by atoms with Crippen molar-refractivity contribution in [1.82, 2.24) is 20.2 Å². The summed E-state index contributed by atoms with van der Waals surface area (Å²) in [5.41, 5.74) is -0.132. The maximum atomic E-state index is 14.7. The minimum atomic E-state index is -1.16. The molecule has 0 bridgehead atoms. The van der Waals surface area contributed by atoms with Crippen LogP contribution in [0.1, 0.15) is 21.4 Å². The van der Waals surface area contributed by atoms with E-state index in [9.17, 15) is 23.6 Å². The van der Waals surface area contributed by atoms with Crippen LogP contribution >= 0.6 is 27.3 Å². The van der Waals surface area contributed by atoms with Crippen LogP contribution in [0, 0.1) is 11.6 Å². The lowest BCUT2D eigenvalue weighted by atomic mass is 10.0. The normalized spacial score (nSPS) is 16.9. The number of halogens is 3. The molecule has 3 aromatic rings. The molecule has 3 heterocycles. The van der Waals surface area contributed by atoms with E-state index in [4.69, 9.17) is 0 Å². The lowest BCUT2D eigenvalue weighted by Crippen LogP contribution is -2.34. The third kappa shape index (κ3) is 3.11. The largest absolute Gasteiger partial charge is 0.302 e. The number of H-pyrrole nitrogens is 1. The topological polar surface area (TPSA) is 89.5 Å². The molecule has 4 rings (SSSR count). The molecule has 2 aromatic heterocycles.